The zero-order chi connectivity index (χ0) is 25.1. The van der Waals surface area contributed by atoms with Gasteiger partial charge in [0.25, 0.3) is 0 Å². The first-order chi connectivity index (χ1) is 17.4. The Kier molecular flexibility index (Phi) is 6.26. The standard InChI is InChI=1S/C31H21F3N2/c32-31(33,34)24-16-14-22(15-17-24)30(20-35)36-29(18-21-8-2-1-3-9-21)28-19-23-10-4-5-11-25(23)26-12-6-7-13-27(26)28/h1-17,19,29H,18H2/b36-30+/t29-/m1/s1. The Morgan fingerprint density at radius 3 is 2.03 bits per heavy atom. The molecule has 0 saturated carbocycles. The molecule has 0 fully saturated rings. The van der Waals surface area contributed by atoms with Gasteiger partial charge in [0.05, 0.1) is 11.6 Å². The van der Waals surface area contributed by atoms with Gasteiger partial charge in [-0.15, -0.1) is 0 Å². The highest BCUT2D eigenvalue weighted by Gasteiger charge is 2.30. The third-order valence-electron chi connectivity index (χ3n) is 6.31. The van der Waals surface area contributed by atoms with Gasteiger partial charge in [-0.25, -0.2) is 0 Å². The lowest BCUT2D eigenvalue weighted by Crippen LogP contribution is -2.08. The van der Waals surface area contributed by atoms with Crippen molar-refractivity contribution in [2.24, 2.45) is 4.99 Å². The van der Waals surface area contributed by atoms with Crippen molar-refractivity contribution >= 4 is 27.3 Å². The van der Waals surface area contributed by atoms with E-state index in [9.17, 15) is 18.4 Å². The first kappa shape index (κ1) is 23.3. The molecule has 5 aromatic rings. The van der Waals surface area contributed by atoms with Gasteiger partial charge < -0.3 is 0 Å². The van der Waals surface area contributed by atoms with E-state index in [2.05, 4.69) is 36.4 Å². The van der Waals surface area contributed by atoms with Crippen LogP contribution in [0.4, 0.5) is 13.2 Å². The molecule has 0 radical (unpaired) electrons. The molecule has 2 nitrogen and oxygen atoms in total. The minimum absolute atomic E-state index is 0.0990. The molecule has 5 rings (SSSR count). The average Bonchev–Trinajstić information content (AvgIpc) is 2.91. The number of halogens is 3. The molecule has 0 heterocycles. The number of rotatable bonds is 5. The van der Waals surface area contributed by atoms with Gasteiger partial charge in [0.1, 0.15) is 11.8 Å². The van der Waals surface area contributed by atoms with E-state index in [0.29, 0.717) is 12.0 Å². The number of benzene rings is 5. The lowest BCUT2D eigenvalue weighted by atomic mass is 9.90. The molecule has 0 saturated heterocycles. The molecule has 0 amide bonds. The van der Waals surface area contributed by atoms with Gasteiger partial charge in [-0.3, -0.25) is 4.99 Å². The monoisotopic (exact) mass is 478 g/mol. The summed E-state index contributed by atoms with van der Waals surface area (Å²) in [5.41, 5.74) is 1.71. The molecule has 176 valence electrons. The summed E-state index contributed by atoms with van der Waals surface area (Å²) in [6.45, 7) is 0. The van der Waals surface area contributed by atoms with Crippen LogP contribution in [0, 0.1) is 11.3 Å². The summed E-state index contributed by atoms with van der Waals surface area (Å²) < 4.78 is 39.2. The highest BCUT2D eigenvalue weighted by Crippen LogP contribution is 2.35. The van der Waals surface area contributed by atoms with Crippen LogP contribution < -0.4 is 0 Å². The van der Waals surface area contributed by atoms with Crippen LogP contribution in [0.1, 0.15) is 28.3 Å². The highest BCUT2D eigenvalue weighted by molar-refractivity contribution is 6.12. The van der Waals surface area contributed by atoms with Crippen molar-refractivity contribution in [2.45, 2.75) is 18.6 Å². The minimum atomic E-state index is -4.44. The number of hydrogen-bond donors (Lipinski definition) is 0. The molecule has 5 heteroatoms. The Bertz CT molecular complexity index is 1600. The number of fused-ring (bicyclic) bond motifs is 3. The highest BCUT2D eigenvalue weighted by atomic mass is 19.4. The molecule has 0 aromatic heterocycles. The van der Waals surface area contributed by atoms with E-state index in [0.717, 1.165) is 44.8 Å². The molecule has 0 aliphatic carbocycles. The summed E-state index contributed by atoms with van der Waals surface area (Å²) in [6.07, 6.45) is -3.91. The van der Waals surface area contributed by atoms with Crippen LogP contribution >= 0.6 is 0 Å². The summed E-state index contributed by atoms with van der Waals surface area (Å²) >= 11 is 0. The van der Waals surface area contributed by atoms with Crippen molar-refractivity contribution in [3.05, 3.63) is 131 Å². The van der Waals surface area contributed by atoms with Crippen molar-refractivity contribution < 1.29 is 13.2 Å². The Labute approximate surface area is 207 Å². The largest absolute Gasteiger partial charge is 0.416 e. The normalized spacial score (nSPS) is 13.0. The summed E-state index contributed by atoms with van der Waals surface area (Å²) in [5.74, 6) is 0. The predicted molar refractivity (Wildman–Crippen MR) is 138 cm³/mol. The van der Waals surface area contributed by atoms with Crippen LogP contribution in [-0.4, -0.2) is 5.71 Å². The zero-order valence-electron chi connectivity index (χ0n) is 19.2. The fourth-order valence-electron chi connectivity index (χ4n) is 4.56. The summed E-state index contributed by atoms with van der Waals surface area (Å²) in [4.78, 5) is 4.85. The van der Waals surface area contributed by atoms with Crippen LogP contribution in [0.2, 0.25) is 0 Å². The maximum absolute atomic E-state index is 13.1. The van der Waals surface area contributed by atoms with E-state index in [4.69, 9.17) is 4.99 Å². The van der Waals surface area contributed by atoms with E-state index < -0.39 is 17.8 Å². The van der Waals surface area contributed by atoms with Crippen molar-refractivity contribution in [1.29, 1.82) is 5.26 Å². The molecule has 0 N–H and O–H groups in total. The summed E-state index contributed by atoms with van der Waals surface area (Å²) in [7, 11) is 0. The van der Waals surface area contributed by atoms with E-state index in [1.807, 2.05) is 54.6 Å². The van der Waals surface area contributed by atoms with Crippen molar-refractivity contribution in [3.8, 4) is 6.07 Å². The number of aliphatic imine (C=N–C) groups is 1. The average molecular weight is 479 g/mol. The van der Waals surface area contributed by atoms with Gasteiger partial charge in [-0.2, -0.15) is 18.4 Å². The van der Waals surface area contributed by atoms with Crippen molar-refractivity contribution in [3.63, 3.8) is 0 Å². The first-order valence-electron chi connectivity index (χ1n) is 11.5. The van der Waals surface area contributed by atoms with Crippen molar-refractivity contribution in [2.75, 3.05) is 0 Å². The lowest BCUT2D eigenvalue weighted by molar-refractivity contribution is -0.137. The second kappa shape index (κ2) is 9.67. The third-order valence-corrected chi connectivity index (χ3v) is 6.31. The van der Waals surface area contributed by atoms with E-state index in [1.165, 1.54) is 12.1 Å². The molecule has 0 aliphatic rings. The SMILES string of the molecule is N#C/C(=N\[C@H](Cc1ccccc1)c1cc2ccccc2c2ccccc12)c1ccc(C(F)(F)F)cc1. The van der Waals surface area contributed by atoms with E-state index in [-0.39, 0.29) is 5.71 Å². The second-order valence-electron chi connectivity index (χ2n) is 8.60. The number of nitriles is 1. The number of nitrogens with zero attached hydrogens (tertiary/aromatic N) is 2. The van der Waals surface area contributed by atoms with Gasteiger partial charge in [0, 0.05) is 5.56 Å². The molecule has 0 aliphatic heterocycles. The number of alkyl halides is 3. The Balaban J connectivity index is 1.68. The van der Waals surface area contributed by atoms with Gasteiger partial charge in [-0.1, -0.05) is 91.0 Å². The van der Waals surface area contributed by atoms with Crippen molar-refractivity contribution in [1.82, 2.24) is 0 Å². The summed E-state index contributed by atoms with van der Waals surface area (Å²) in [6, 6.07) is 34.5. The molecule has 0 spiro atoms. The van der Waals surface area contributed by atoms with Crippen LogP contribution in [0.5, 0.6) is 0 Å². The van der Waals surface area contributed by atoms with Gasteiger partial charge in [0.2, 0.25) is 0 Å². The Hall–Kier alpha value is -4.43. The summed E-state index contributed by atoms with van der Waals surface area (Å²) in [5, 5.41) is 14.3. The molecular weight excluding hydrogens is 457 g/mol. The van der Waals surface area contributed by atoms with E-state index in [1.54, 1.807) is 0 Å². The molecule has 36 heavy (non-hydrogen) atoms. The molecule has 0 bridgehead atoms. The fourth-order valence-corrected chi connectivity index (χ4v) is 4.56. The predicted octanol–water partition coefficient (Wildman–Crippen LogP) is 8.31. The van der Waals surface area contributed by atoms with Gasteiger partial charge in [-0.05, 0) is 57.3 Å². The Morgan fingerprint density at radius 2 is 1.36 bits per heavy atom. The molecule has 5 aromatic carbocycles. The van der Waals surface area contributed by atoms with E-state index >= 15 is 0 Å². The number of hydrogen-bond acceptors (Lipinski definition) is 2. The second-order valence-corrected chi connectivity index (χ2v) is 8.60. The molecule has 0 unspecified atom stereocenters. The van der Waals surface area contributed by atoms with Crippen LogP contribution in [0.15, 0.2) is 114 Å². The van der Waals surface area contributed by atoms with Gasteiger partial charge >= 0.3 is 6.18 Å². The van der Waals surface area contributed by atoms with Gasteiger partial charge in [0.15, 0.2) is 0 Å². The van der Waals surface area contributed by atoms with Crippen LogP contribution in [0.3, 0.4) is 0 Å². The quantitative estimate of drug-likeness (QED) is 0.185. The molecule has 1 atom stereocenters. The molecular formula is C31H21F3N2. The first-order valence-corrected chi connectivity index (χ1v) is 11.5. The maximum Gasteiger partial charge on any atom is 0.416 e. The minimum Gasteiger partial charge on any atom is -0.265 e. The zero-order valence-corrected chi connectivity index (χ0v) is 19.2. The van der Waals surface area contributed by atoms with Crippen LogP contribution in [-0.2, 0) is 12.6 Å². The third kappa shape index (κ3) is 4.71. The smallest absolute Gasteiger partial charge is 0.265 e. The van der Waals surface area contributed by atoms with Crippen LogP contribution in [0.25, 0.3) is 21.5 Å². The topological polar surface area (TPSA) is 36.1 Å². The fraction of sp³-hybridized carbons (Fsp3) is 0.0968. The lowest BCUT2D eigenvalue weighted by Gasteiger charge is -2.18. The maximum atomic E-state index is 13.1. The Morgan fingerprint density at radius 1 is 0.750 bits per heavy atom.